The van der Waals surface area contributed by atoms with Gasteiger partial charge >= 0.3 is 6.18 Å². The number of fused-ring (bicyclic) bond motifs is 1. The van der Waals surface area contributed by atoms with Crippen LogP contribution in [0, 0.1) is 0 Å². The summed E-state index contributed by atoms with van der Waals surface area (Å²) in [5.74, 6) is 0.0476. The average Bonchev–Trinajstić information content (AvgIpc) is 3.31. The Balaban J connectivity index is 1.62. The third-order valence-corrected chi connectivity index (χ3v) is 5.23. The van der Waals surface area contributed by atoms with Crippen LogP contribution in [0.5, 0.6) is 0 Å². The molecule has 0 fully saturated rings. The van der Waals surface area contributed by atoms with Crippen LogP contribution in [0.4, 0.5) is 18.9 Å². The van der Waals surface area contributed by atoms with E-state index < -0.39 is 21.8 Å². The smallest absolute Gasteiger partial charge is 0.279 e. The lowest BCUT2D eigenvalue weighted by molar-refractivity contribution is -0.137. The fourth-order valence-corrected chi connectivity index (χ4v) is 3.53. The number of pyridine rings is 1. The Hall–Kier alpha value is -3.41. The van der Waals surface area contributed by atoms with Gasteiger partial charge < -0.3 is 0 Å². The molecule has 0 amide bonds. The van der Waals surface area contributed by atoms with Crippen molar-refractivity contribution in [3.63, 3.8) is 0 Å². The molecule has 0 aliphatic carbocycles. The lowest BCUT2D eigenvalue weighted by Gasteiger charge is -2.07. The lowest BCUT2D eigenvalue weighted by atomic mass is 10.2. The molecule has 1 aromatic carbocycles. The zero-order valence-corrected chi connectivity index (χ0v) is 14.7. The molecular weight excluding hydrogens is 397 g/mol. The highest BCUT2D eigenvalue weighted by Gasteiger charge is 2.30. The van der Waals surface area contributed by atoms with Gasteiger partial charge in [-0.3, -0.25) is 9.82 Å². The number of halogens is 3. The van der Waals surface area contributed by atoms with Crippen molar-refractivity contribution in [1.29, 1.82) is 0 Å². The maximum atomic E-state index is 12.6. The fourth-order valence-electron chi connectivity index (χ4n) is 2.52. The van der Waals surface area contributed by atoms with E-state index >= 15 is 0 Å². The molecule has 8 nitrogen and oxygen atoms in total. The predicted molar refractivity (Wildman–Crippen MR) is 93.3 cm³/mol. The van der Waals surface area contributed by atoms with E-state index in [9.17, 15) is 21.6 Å². The first-order chi connectivity index (χ1) is 13.2. The van der Waals surface area contributed by atoms with Gasteiger partial charge in [-0.15, -0.1) is 0 Å². The van der Waals surface area contributed by atoms with Gasteiger partial charge in [-0.1, -0.05) is 6.07 Å². The van der Waals surface area contributed by atoms with E-state index in [-0.39, 0.29) is 10.7 Å². The number of rotatable bonds is 4. The number of anilines is 1. The third kappa shape index (κ3) is 3.29. The van der Waals surface area contributed by atoms with Gasteiger partial charge in [0.2, 0.25) is 0 Å². The maximum Gasteiger partial charge on any atom is 0.417 e. The van der Waals surface area contributed by atoms with Crippen LogP contribution in [0.2, 0.25) is 0 Å². The molecule has 4 rings (SSSR count). The van der Waals surface area contributed by atoms with Gasteiger partial charge in [0.1, 0.15) is 4.90 Å². The normalized spacial score (nSPS) is 12.4. The van der Waals surface area contributed by atoms with Crippen molar-refractivity contribution in [2.45, 2.75) is 11.1 Å². The predicted octanol–water partition coefficient (Wildman–Crippen LogP) is 2.96. The van der Waals surface area contributed by atoms with Crippen molar-refractivity contribution < 1.29 is 21.6 Å². The van der Waals surface area contributed by atoms with Crippen LogP contribution in [0.15, 0.2) is 60.0 Å². The fraction of sp³-hybridized carbons (Fsp3) is 0.0625. The second kappa shape index (κ2) is 6.34. The van der Waals surface area contributed by atoms with E-state index in [1.807, 2.05) is 0 Å². The highest BCUT2D eigenvalue weighted by atomic mass is 32.2. The molecule has 2 N–H and O–H groups in total. The van der Waals surface area contributed by atoms with Crippen molar-refractivity contribution in [1.82, 2.24) is 25.0 Å². The number of alkyl halides is 3. The summed E-state index contributed by atoms with van der Waals surface area (Å²) in [6.45, 7) is 0. The minimum absolute atomic E-state index is 0.0476. The summed E-state index contributed by atoms with van der Waals surface area (Å²) in [5, 5.41) is 11.1. The molecular formula is C16H11F3N6O2S. The lowest BCUT2D eigenvalue weighted by Crippen LogP contribution is -2.12. The van der Waals surface area contributed by atoms with Gasteiger partial charge in [0.25, 0.3) is 10.0 Å². The Morgan fingerprint density at radius 2 is 1.89 bits per heavy atom. The number of hydrogen-bond donors (Lipinski definition) is 2. The Morgan fingerprint density at radius 1 is 1.07 bits per heavy atom. The van der Waals surface area contributed by atoms with E-state index in [0.29, 0.717) is 22.8 Å². The largest absolute Gasteiger partial charge is 0.417 e. The van der Waals surface area contributed by atoms with E-state index in [1.165, 1.54) is 6.20 Å². The summed E-state index contributed by atoms with van der Waals surface area (Å²) < 4.78 is 66.7. The van der Waals surface area contributed by atoms with Gasteiger partial charge in [0.15, 0.2) is 5.82 Å². The second-order valence-electron chi connectivity index (χ2n) is 5.77. The van der Waals surface area contributed by atoms with Gasteiger partial charge in [0.05, 0.1) is 35.4 Å². The molecule has 0 aliphatic rings. The Morgan fingerprint density at radius 3 is 2.61 bits per heavy atom. The molecule has 3 aromatic heterocycles. The molecule has 4 aromatic rings. The monoisotopic (exact) mass is 408 g/mol. The Labute approximate surface area is 156 Å². The maximum absolute atomic E-state index is 12.6. The molecule has 0 saturated carbocycles. The van der Waals surface area contributed by atoms with Crippen LogP contribution in [0.3, 0.4) is 0 Å². The van der Waals surface area contributed by atoms with E-state index in [0.717, 1.165) is 29.2 Å². The molecule has 0 bridgehead atoms. The molecule has 12 heteroatoms. The molecule has 3 heterocycles. The van der Waals surface area contributed by atoms with E-state index in [4.69, 9.17) is 0 Å². The van der Waals surface area contributed by atoms with Gasteiger partial charge in [-0.05, 0) is 24.3 Å². The van der Waals surface area contributed by atoms with Crippen molar-refractivity contribution in [2.24, 2.45) is 0 Å². The Kier molecular flexibility index (Phi) is 4.07. The standard InChI is InChI=1S/C16H11F3N6O2S/c17-16(18,19)10-4-5-15(20-6-10)25-9-11(7-22-25)28(26,27)24-14-3-1-2-13-12(14)8-21-23-13/h1-9,24H,(H,21,23). The molecule has 0 saturated heterocycles. The van der Waals surface area contributed by atoms with Crippen molar-refractivity contribution in [3.8, 4) is 5.82 Å². The van der Waals surface area contributed by atoms with Gasteiger partial charge in [-0.2, -0.15) is 23.4 Å². The van der Waals surface area contributed by atoms with Crippen LogP contribution < -0.4 is 4.72 Å². The highest BCUT2D eigenvalue weighted by molar-refractivity contribution is 7.92. The summed E-state index contributed by atoms with van der Waals surface area (Å²) in [7, 11) is -3.98. The topological polar surface area (TPSA) is 106 Å². The number of aromatic amines is 1. The first-order valence-corrected chi connectivity index (χ1v) is 9.25. The van der Waals surface area contributed by atoms with Crippen LogP contribution in [-0.2, 0) is 16.2 Å². The first-order valence-electron chi connectivity index (χ1n) is 7.77. The van der Waals surface area contributed by atoms with Gasteiger partial charge in [-0.25, -0.2) is 18.1 Å². The van der Waals surface area contributed by atoms with Crippen LogP contribution in [-0.4, -0.2) is 33.4 Å². The quantitative estimate of drug-likeness (QED) is 0.540. The van der Waals surface area contributed by atoms with Crippen molar-refractivity contribution in [2.75, 3.05) is 4.72 Å². The highest BCUT2D eigenvalue weighted by Crippen LogP contribution is 2.29. The minimum atomic E-state index is -4.51. The Bertz CT molecular complexity index is 1250. The first kappa shape index (κ1) is 18.0. The number of benzene rings is 1. The molecule has 0 spiro atoms. The second-order valence-corrected chi connectivity index (χ2v) is 7.45. The number of aromatic nitrogens is 5. The zero-order valence-electron chi connectivity index (χ0n) is 13.8. The summed E-state index contributed by atoms with van der Waals surface area (Å²) in [5.41, 5.74) is 0.0719. The molecule has 0 atom stereocenters. The number of H-pyrrole nitrogens is 1. The summed E-state index contributed by atoms with van der Waals surface area (Å²) >= 11 is 0. The minimum Gasteiger partial charge on any atom is -0.279 e. The van der Waals surface area contributed by atoms with E-state index in [1.54, 1.807) is 18.2 Å². The molecule has 0 aliphatic heterocycles. The zero-order chi connectivity index (χ0) is 19.9. The number of nitrogens with one attached hydrogen (secondary N) is 2. The van der Waals surface area contributed by atoms with E-state index in [2.05, 4.69) is 25.0 Å². The number of hydrogen-bond acceptors (Lipinski definition) is 5. The SMILES string of the molecule is O=S(=O)(Nc1cccc2[nH]ncc12)c1cnn(-c2ccc(C(F)(F)F)cn2)c1. The molecule has 144 valence electrons. The van der Waals surface area contributed by atoms with Gasteiger partial charge in [0, 0.05) is 11.6 Å². The number of nitrogens with zero attached hydrogens (tertiary/aromatic N) is 4. The number of sulfonamides is 1. The van der Waals surface area contributed by atoms with Crippen molar-refractivity contribution >= 4 is 26.6 Å². The van der Waals surface area contributed by atoms with Crippen LogP contribution >= 0.6 is 0 Å². The molecule has 28 heavy (non-hydrogen) atoms. The summed E-state index contributed by atoms with van der Waals surface area (Å²) in [6, 6.07) is 6.93. The average molecular weight is 408 g/mol. The van der Waals surface area contributed by atoms with Crippen molar-refractivity contribution in [3.05, 3.63) is 60.7 Å². The summed E-state index contributed by atoms with van der Waals surface area (Å²) in [4.78, 5) is 3.51. The summed E-state index contributed by atoms with van der Waals surface area (Å²) in [6.07, 6.45) is -0.126. The van der Waals surface area contributed by atoms with Crippen LogP contribution in [0.1, 0.15) is 5.56 Å². The third-order valence-electron chi connectivity index (χ3n) is 3.91. The van der Waals surface area contributed by atoms with Crippen LogP contribution in [0.25, 0.3) is 16.7 Å². The molecule has 0 radical (unpaired) electrons. The molecule has 0 unspecified atom stereocenters.